The van der Waals surface area contributed by atoms with Crippen LogP contribution in [0.5, 0.6) is 5.75 Å². The van der Waals surface area contributed by atoms with E-state index in [1.54, 1.807) is 6.07 Å². The van der Waals surface area contributed by atoms with E-state index < -0.39 is 5.82 Å². The summed E-state index contributed by atoms with van der Waals surface area (Å²) in [4.78, 5) is 2.24. The van der Waals surface area contributed by atoms with Gasteiger partial charge in [-0.3, -0.25) is 4.90 Å². The molecule has 0 N–H and O–H groups in total. The number of benzene rings is 1. The molecular weight excluding hydrogens is 245 g/mol. The van der Waals surface area contributed by atoms with Gasteiger partial charge in [-0.2, -0.15) is 0 Å². The molecule has 5 heteroatoms. The van der Waals surface area contributed by atoms with Gasteiger partial charge < -0.3 is 9.47 Å². The average molecular weight is 259 g/mol. The highest BCUT2D eigenvalue weighted by Gasteiger charge is 2.11. The van der Waals surface area contributed by atoms with E-state index in [4.69, 9.17) is 21.1 Å². The van der Waals surface area contributed by atoms with Gasteiger partial charge in [0.15, 0.2) is 0 Å². The van der Waals surface area contributed by atoms with Crippen LogP contribution in [-0.4, -0.2) is 44.4 Å². The first-order valence-corrected chi connectivity index (χ1v) is 5.93. The Balaban J connectivity index is 1.79. The largest absolute Gasteiger partial charge is 0.491 e. The van der Waals surface area contributed by atoms with Crippen LogP contribution >= 0.6 is 11.6 Å². The fourth-order valence-corrected chi connectivity index (χ4v) is 1.81. The third-order valence-electron chi connectivity index (χ3n) is 2.62. The van der Waals surface area contributed by atoms with Gasteiger partial charge in [-0.1, -0.05) is 11.6 Å². The van der Waals surface area contributed by atoms with Gasteiger partial charge in [0.2, 0.25) is 0 Å². The molecule has 2 rings (SSSR count). The first-order chi connectivity index (χ1) is 8.27. The summed E-state index contributed by atoms with van der Waals surface area (Å²) in [6.45, 7) is 4.61. The highest BCUT2D eigenvalue weighted by Crippen LogP contribution is 2.26. The molecule has 0 aromatic heterocycles. The van der Waals surface area contributed by atoms with Gasteiger partial charge in [0.05, 0.1) is 13.2 Å². The molecule has 0 amide bonds. The van der Waals surface area contributed by atoms with Crippen molar-refractivity contribution in [2.45, 2.75) is 0 Å². The summed E-state index contributed by atoms with van der Waals surface area (Å²) in [5, 5.41) is 0.0192. The standard InChI is InChI=1S/C12H14ClFNO2/c13-12-10(14)2-1-3-11(12)17-9-6-15-4-7-16-8-5-15/h2-3H,4-9H2. The molecule has 0 bridgehead atoms. The van der Waals surface area contributed by atoms with Crippen molar-refractivity contribution in [3.63, 3.8) is 0 Å². The molecule has 1 aliphatic rings. The predicted octanol–water partition coefficient (Wildman–Crippen LogP) is 1.99. The Labute approximate surface area is 105 Å². The molecule has 0 unspecified atom stereocenters. The molecule has 1 aromatic carbocycles. The SMILES string of the molecule is Fc1c[c]cc(OCCN2CCOCC2)c1Cl. The second kappa shape index (κ2) is 6.19. The van der Waals surface area contributed by atoms with Crippen LogP contribution in [0.4, 0.5) is 4.39 Å². The lowest BCUT2D eigenvalue weighted by atomic mass is 10.3. The second-order valence-corrected chi connectivity index (χ2v) is 4.16. The Morgan fingerprint density at radius 1 is 1.41 bits per heavy atom. The van der Waals surface area contributed by atoms with Crippen LogP contribution in [0.1, 0.15) is 0 Å². The lowest BCUT2D eigenvalue weighted by molar-refractivity contribution is 0.0322. The zero-order chi connectivity index (χ0) is 12.1. The average Bonchev–Trinajstić information content (AvgIpc) is 2.36. The van der Waals surface area contributed by atoms with Gasteiger partial charge in [-0.15, -0.1) is 0 Å². The van der Waals surface area contributed by atoms with E-state index in [1.807, 2.05) is 0 Å². The van der Waals surface area contributed by atoms with E-state index in [-0.39, 0.29) is 5.02 Å². The number of ether oxygens (including phenoxy) is 2. The molecule has 17 heavy (non-hydrogen) atoms. The molecule has 3 nitrogen and oxygen atoms in total. The fourth-order valence-electron chi connectivity index (χ4n) is 1.65. The van der Waals surface area contributed by atoms with E-state index in [9.17, 15) is 4.39 Å². The lowest BCUT2D eigenvalue weighted by Gasteiger charge is -2.26. The minimum atomic E-state index is -0.504. The third kappa shape index (κ3) is 3.56. The number of morpholine rings is 1. The van der Waals surface area contributed by atoms with Gasteiger partial charge in [0.25, 0.3) is 0 Å². The number of rotatable bonds is 4. The molecule has 0 atom stereocenters. The molecule has 0 aliphatic carbocycles. The van der Waals surface area contributed by atoms with Crippen LogP contribution in [0.2, 0.25) is 5.02 Å². The number of hydrogen-bond donors (Lipinski definition) is 0. The van der Waals surface area contributed by atoms with Gasteiger partial charge in [0, 0.05) is 19.6 Å². The van der Waals surface area contributed by atoms with Gasteiger partial charge >= 0.3 is 0 Å². The highest BCUT2D eigenvalue weighted by atomic mass is 35.5. The molecule has 0 saturated carbocycles. The van der Waals surface area contributed by atoms with Crippen molar-refractivity contribution in [2.24, 2.45) is 0 Å². The minimum Gasteiger partial charge on any atom is -0.491 e. The van der Waals surface area contributed by atoms with Crippen molar-refractivity contribution in [3.05, 3.63) is 29.0 Å². The maximum atomic E-state index is 13.1. The molecule has 1 heterocycles. The van der Waals surface area contributed by atoms with E-state index >= 15 is 0 Å². The Morgan fingerprint density at radius 3 is 2.94 bits per heavy atom. The summed E-state index contributed by atoms with van der Waals surface area (Å²) >= 11 is 5.76. The van der Waals surface area contributed by atoms with Crippen molar-refractivity contribution in [1.82, 2.24) is 4.90 Å². The third-order valence-corrected chi connectivity index (χ3v) is 2.99. The molecule has 1 aromatic rings. The Hall–Kier alpha value is -0.840. The van der Waals surface area contributed by atoms with Crippen LogP contribution in [0.25, 0.3) is 0 Å². The Kier molecular flexibility index (Phi) is 4.59. The van der Waals surface area contributed by atoms with Gasteiger partial charge in [0.1, 0.15) is 23.2 Å². The normalized spacial score (nSPS) is 17.1. The lowest BCUT2D eigenvalue weighted by Crippen LogP contribution is -2.38. The summed E-state index contributed by atoms with van der Waals surface area (Å²) in [6.07, 6.45) is 0. The molecule has 1 saturated heterocycles. The zero-order valence-electron chi connectivity index (χ0n) is 9.42. The zero-order valence-corrected chi connectivity index (χ0v) is 10.2. The first kappa shape index (κ1) is 12.6. The van der Waals surface area contributed by atoms with Crippen molar-refractivity contribution in [1.29, 1.82) is 0 Å². The van der Waals surface area contributed by atoms with Gasteiger partial charge in [-0.25, -0.2) is 4.39 Å². The van der Waals surface area contributed by atoms with Crippen LogP contribution < -0.4 is 4.74 Å². The highest BCUT2D eigenvalue weighted by molar-refractivity contribution is 6.32. The van der Waals surface area contributed by atoms with Crippen molar-refractivity contribution >= 4 is 11.6 Å². The summed E-state index contributed by atoms with van der Waals surface area (Å²) in [6, 6.07) is 5.38. The number of halogens is 2. The van der Waals surface area contributed by atoms with Crippen LogP contribution in [-0.2, 0) is 4.74 Å². The molecule has 93 valence electrons. The smallest absolute Gasteiger partial charge is 0.146 e. The van der Waals surface area contributed by atoms with Crippen LogP contribution in [0, 0.1) is 11.9 Å². The van der Waals surface area contributed by atoms with Crippen LogP contribution in [0.15, 0.2) is 12.1 Å². The summed E-state index contributed by atoms with van der Waals surface area (Å²) in [5.41, 5.74) is 0. The van der Waals surface area contributed by atoms with E-state index in [1.165, 1.54) is 6.07 Å². The van der Waals surface area contributed by atoms with E-state index in [0.29, 0.717) is 12.4 Å². The van der Waals surface area contributed by atoms with E-state index in [0.717, 1.165) is 32.8 Å². The first-order valence-electron chi connectivity index (χ1n) is 5.55. The maximum absolute atomic E-state index is 13.1. The monoisotopic (exact) mass is 258 g/mol. The number of hydrogen-bond acceptors (Lipinski definition) is 3. The molecule has 0 spiro atoms. The Bertz CT molecular complexity index is 370. The maximum Gasteiger partial charge on any atom is 0.146 e. The molecular formula is C12H14ClFNO2. The Morgan fingerprint density at radius 2 is 2.18 bits per heavy atom. The van der Waals surface area contributed by atoms with Crippen LogP contribution in [0.3, 0.4) is 0 Å². The van der Waals surface area contributed by atoms with E-state index in [2.05, 4.69) is 11.0 Å². The molecule has 1 fully saturated rings. The quantitative estimate of drug-likeness (QED) is 0.825. The van der Waals surface area contributed by atoms with Crippen molar-refractivity contribution in [2.75, 3.05) is 39.5 Å². The van der Waals surface area contributed by atoms with Crippen molar-refractivity contribution < 1.29 is 13.9 Å². The topological polar surface area (TPSA) is 21.7 Å². The molecule has 1 radical (unpaired) electrons. The predicted molar refractivity (Wildman–Crippen MR) is 63.0 cm³/mol. The molecule has 1 aliphatic heterocycles. The summed E-state index contributed by atoms with van der Waals surface area (Å²) < 4.78 is 23.8. The summed E-state index contributed by atoms with van der Waals surface area (Å²) in [5.74, 6) is -0.157. The fraction of sp³-hybridized carbons (Fsp3) is 0.500. The summed E-state index contributed by atoms with van der Waals surface area (Å²) in [7, 11) is 0. The second-order valence-electron chi connectivity index (χ2n) is 3.78. The minimum absolute atomic E-state index is 0.0192. The van der Waals surface area contributed by atoms with Crippen molar-refractivity contribution in [3.8, 4) is 5.75 Å². The van der Waals surface area contributed by atoms with Gasteiger partial charge in [-0.05, 0) is 18.2 Å². The number of nitrogens with zero attached hydrogens (tertiary/aromatic N) is 1.